The maximum Gasteiger partial charge on any atom is 0.0530 e. The molecule has 0 aliphatic heterocycles. The van der Waals surface area contributed by atoms with Crippen molar-refractivity contribution < 1.29 is 0 Å². The molecule has 1 atom stereocenters. The Morgan fingerprint density at radius 1 is 1.05 bits per heavy atom. The Morgan fingerprint density at radius 3 is 2.63 bits per heavy atom. The lowest BCUT2D eigenvalue weighted by Gasteiger charge is -2.09. The molecule has 2 heterocycles. The van der Waals surface area contributed by atoms with Crippen LogP contribution >= 0.6 is 38.6 Å². The van der Waals surface area contributed by atoms with Crippen LogP contribution < -0.4 is 0 Å². The Kier molecular flexibility index (Phi) is 3.79. The molecule has 0 nitrogen and oxygen atoms in total. The van der Waals surface area contributed by atoms with E-state index in [9.17, 15) is 0 Å². The van der Waals surface area contributed by atoms with Gasteiger partial charge in [0, 0.05) is 14.3 Å². The number of benzene rings is 1. The van der Waals surface area contributed by atoms with Crippen molar-refractivity contribution in [2.24, 2.45) is 0 Å². The highest BCUT2D eigenvalue weighted by molar-refractivity contribution is 9.09. The molecule has 0 aliphatic rings. The number of fused-ring (bicyclic) bond motifs is 1. The third-order valence-electron chi connectivity index (χ3n) is 3.45. The van der Waals surface area contributed by atoms with Crippen LogP contribution in [0.4, 0.5) is 0 Å². The summed E-state index contributed by atoms with van der Waals surface area (Å²) >= 11 is 7.57. The highest BCUT2D eigenvalue weighted by atomic mass is 79.9. The standard InChI is InChI=1S/C16H15BrS2/c1-10-3-4-12(7-11(10)2)8-13(17)15-9-16-14(19-15)5-6-18-16/h3-7,9,13H,8H2,1-2H3. The van der Waals surface area contributed by atoms with E-state index < -0.39 is 0 Å². The minimum absolute atomic E-state index is 0.416. The minimum Gasteiger partial charge on any atom is -0.143 e. The van der Waals surface area contributed by atoms with E-state index in [1.807, 2.05) is 22.7 Å². The molecule has 0 radical (unpaired) electrons. The van der Waals surface area contributed by atoms with Gasteiger partial charge in [-0.15, -0.1) is 22.7 Å². The van der Waals surface area contributed by atoms with Crippen molar-refractivity contribution in [1.82, 2.24) is 0 Å². The summed E-state index contributed by atoms with van der Waals surface area (Å²) in [6.07, 6.45) is 1.05. The number of hydrogen-bond acceptors (Lipinski definition) is 2. The predicted octanol–water partition coefficient (Wildman–Crippen LogP) is 6.26. The zero-order valence-electron chi connectivity index (χ0n) is 10.9. The quantitative estimate of drug-likeness (QED) is 0.489. The smallest absolute Gasteiger partial charge is 0.0530 e. The van der Waals surface area contributed by atoms with E-state index in [0.29, 0.717) is 4.83 Å². The molecule has 0 bridgehead atoms. The Hall–Kier alpha value is -0.640. The molecule has 3 aromatic rings. The van der Waals surface area contributed by atoms with Crippen molar-refractivity contribution in [3.05, 3.63) is 57.3 Å². The zero-order chi connectivity index (χ0) is 13.4. The van der Waals surface area contributed by atoms with Crippen LogP contribution in [0.2, 0.25) is 0 Å². The lowest BCUT2D eigenvalue weighted by Crippen LogP contribution is -1.94. The van der Waals surface area contributed by atoms with Crippen LogP contribution in [0.3, 0.4) is 0 Å². The van der Waals surface area contributed by atoms with Crippen molar-refractivity contribution in [3.8, 4) is 0 Å². The molecule has 1 unspecified atom stereocenters. The van der Waals surface area contributed by atoms with Gasteiger partial charge >= 0.3 is 0 Å². The molecule has 0 N–H and O–H groups in total. The average molecular weight is 351 g/mol. The van der Waals surface area contributed by atoms with Gasteiger partial charge in [0.25, 0.3) is 0 Å². The Labute approximate surface area is 130 Å². The highest BCUT2D eigenvalue weighted by Crippen LogP contribution is 2.38. The molecule has 19 heavy (non-hydrogen) atoms. The molecular formula is C16H15BrS2. The second kappa shape index (κ2) is 5.39. The monoisotopic (exact) mass is 350 g/mol. The van der Waals surface area contributed by atoms with Gasteiger partial charge in [-0.05, 0) is 54.5 Å². The van der Waals surface area contributed by atoms with Gasteiger partial charge in [0.1, 0.15) is 0 Å². The fourth-order valence-corrected chi connectivity index (χ4v) is 5.06. The SMILES string of the molecule is Cc1ccc(CC(Br)c2cc3sccc3s2)cc1C. The van der Waals surface area contributed by atoms with Gasteiger partial charge in [0.05, 0.1) is 4.83 Å². The number of rotatable bonds is 3. The van der Waals surface area contributed by atoms with Crippen molar-refractivity contribution in [3.63, 3.8) is 0 Å². The summed E-state index contributed by atoms with van der Waals surface area (Å²) in [5, 5.41) is 2.16. The first-order valence-electron chi connectivity index (χ1n) is 6.30. The van der Waals surface area contributed by atoms with E-state index in [2.05, 4.69) is 65.5 Å². The Morgan fingerprint density at radius 2 is 1.89 bits per heavy atom. The van der Waals surface area contributed by atoms with Gasteiger partial charge in [-0.1, -0.05) is 34.1 Å². The van der Waals surface area contributed by atoms with Crippen molar-refractivity contribution in [1.29, 1.82) is 0 Å². The van der Waals surface area contributed by atoms with Crippen molar-refractivity contribution in [2.75, 3.05) is 0 Å². The van der Waals surface area contributed by atoms with E-state index >= 15 is 0 Å². The second-order valence-electron chi connectivity index (χ2n) is 4.89. The van der Waals surface area contributed by atoms with Crippen LogP contribution in [0.1, 0.15) is 26.4 Å². The zero-order valence-corrected chi connectivity index (χ0v) is 14.2. The first kappa shape index (κ1) is 13.3. The van der Waals surface area contributed by atoms with Gasteiger partial charge in [0.2, 0.25) is 0 Å². The topological polar surface area (TPSA) is 0 Å². The molecule has 0 saturated carbocycles. The van der Waals surface area contributed by atoms with Crippen LogP contribution in [0.15, 0.2) is 35.7 Å². The van der Waals surface area contributed by atoms with E-state index in [1.54, 1.807) is 0 Å². The molecule has 2 aromatic heterocycles. The Balaban J connectivity index is 1.82. The molecule has 0 amide bonds. The molecule has 0 saturated heterocycles. The van der Waals surface area contributed by atoms with Crippen LogP contribution in [-0.4, -0.2) is 0 Å². The fraction of sp³-hybridized carbons (Fsp3) is 0.250. The van der Waals surface area contributed by atoms with Gasteiger partial charge in [-0.3, -0.25) is 0 Å². The molecule has 0 fully saturated rings. The molecule has 0 aliphatic carbocycles. The third kappa shape index (κ3) is 2.78. The van der Waals surface area contributed by atoms with Gasteiger partial charge in [-0.2, -0.15) is 0 Å². The summed E-state index contributed by atoms with van der Waals surface area (Å²) in [5.74, 6) is 0. The maximum atomic E-state index is 3.84. The molecule has 3 rings (SSSR count). The Bertz CT molecular complexity index is 680. The first-order valence-corrected chi connectivity index (χ1v) is 8.92. The van der Waals surface area contributed by atoms with E-state index in [4.69, 9.17) is 0 Å². The summed E-state index contributed by atoms with van der Waals surface area (Å²) in [4.78, 5) is 1.85. The summed E-state index contributed by atoms with van der Waals surface area (Å²) in [6.45, 7) is 4.35. The fourth-order valence-electron chi connectivity index (χ4n) is 2.18. The number of thiophene rings is 2. The summed E-state index contributed by atoms with van der Waals surface area (Å²) < 4.78 is 2.81. The number of hydrogen-bond donors (Lipinski definition) is 0. The van der Waals surface area contributed by atoms with E-state index in [1.165, 1.54) is 31.0 Å². The maximum absolute atomic E-state index is 3.84. The van der Waals surface area contributed by atoms with Gasteiger partial charge < -0.3 is 0 Å². The average Bonchev–Trinajstić information content (AvgIpc) is 2.94. The number of halogens is 1. The summed E-state index contributed by atoms with van der Waals surface area (Å²) in [7, 11) is 0. The van der Waals surface area contributed by atoms with Crippen molar-refractivity contribution in [2.45, 2.75) is 25.1 Å². The van der Waals surface area contributed by atoms with E-state index in [-0.39, 0.29) is 0 Å². The van der Waals surface area contributed by atoms with Crippen LogP contribution in [-0.2, 0) is 6.42 Å². The van der Waals surface area contributed by atoms with Gasteiger partial charge in [0.15, 0.2) is 0 Å². The minimum atomic E-state index is 0.416. The lowest BCUT2D eigenvalue weighted by molar-refractivity contribution is 0.966. The van der Waals surface area contributed by atoms with E-state index in [0.717, 1.165) is 6.42 Å². The molecule has 98 valence electrons. The summed E-state index contributed by atoms with van der Waals surface area (Å²) in [6, 6.07) is 11.3. The third-order valence-corrected chi connectivity index (χ3v) is 6.78. The predicted molar refractivity (Wildman–Crippen MR) is 91.0 cm³/mol. The lowest BCUT2D eigenvalue weighted by atomic mass is 10.0. The second-order valence-corrected chi connectivity index (χ2v) is 8.06. The highest BCUT2D eigenvalue weighted by Gasteiger charge is 2.13. The molecule has 1 aromatic carbocycles. The summed E-state index contributed by atoms with van der Waals surface area (Å²) in [5.41, 5.74) is 4.15. The number of aryl methyl sites for hydroxylation is 2. The molecular weight excluding hydrogens is 336 g/mol. The molecule has 3 heteroatoms. The van der Waals surface area contributed by atoms with Crippen LogP contribution in [0, 0.1) is 13.8 Å². The first-order chi connectivity index (χ1) is 9.13. The van der Waals surface area contributed by atoms with Crippen LogP contribution in [0.5, 0.6) is 0 Å². The van der Waals surface area contributed by atoms with Crippen molar-refractivity contribution >= 4 is 48.0 Å². The molecule has 0 spiro atoms. The normalized spacial score (nSPS) is 13.0. The van der Waals surface area contributed by atoms with Gasteiger partial charge in [-0.25, -0.2) is 0 Å². The number of alkyl halides is 1. The largest absolute Gasteiger partial charge is 0.143 e. The van der Waals surface area contributed by atoms with Crippen LogP contribution in [0.25, 0.3) is 9.40 Å².